The minimum atomic E-state index is -0.447. The van der Waals surface area contributed by atoms with Gasteiger partial charge in [-0.2, -0.15) is 0 Å². The van der Waals surface area contributed by atoms with Gasteiger partial charge >= 0.3 is 0 Å². The number of piperidine rings is 1. The molecule has 0 amide bonds. The molecule has 1 heterocycles. The first-order chi connectivity index (χ1) is 12.1. The summed E-state index contributed by atoms with van der Waals surface area (Å²) in [7, 11) is 2.10. The molecular weight excluding hydrogens is 346 g/mol. The van der Waals surface area contributed by atoms with Gasteiger partial charge in [0.1, 0.15) is 0 Å². The van der Waals surface area contributed by atoms with E-state index in [1.54, 1.807) is 0 Å². The Kier molecular flexibility index (Phi) is 7.83. The maximum absolute atomic E-state index is 12.5. The summed E-state index contributed by atoms with van der Waals surface area (Å²) >= 11 is 0. The van der Waals surface area contributed by atoms with Crippen LogP contribution in [0.25, 0.3) is 0 Å². The number of halogens is 1. The van der Waals surface area contributed by atoms with E-state index in [0.717, 1.165) is 36.8 Å². The largest absolute Gasteiger partial charge is 1.00 e. The lowest BCUT2D eigenvalue weighted by Gasteiger charge is -2.40. The molecule has 0 saturated carbocycles. The van der Waals surface area contributed by atoms with Gasteiger partial charge in [-0.25, -0.2) is 0 Å². The lowest BCUT2D eigenvalue weighted by molar-refractivity contribution is -0.0000193. The van der Waals surface area contributed by atoms with Crippen molar-refractivity contribution >= 4 is 5.78 Å². The molecule has 26 heavy (non-hydrogen) atoms. The molecule has 1 N–H and O–H groups in total. The summed E-state index contributed by atoms with van der Waals surface area (Å²) in [5.74, 6) is 0.210. The van der Waals surface area contributed by atoms with Crippen LogP contribution in [-0.2, 0) is 0 Å². The Hall–Kier alpha value is -1.68. The molecule has 0 radical (unpaired) electrons. The predicted molar refractivity (Wildman–Crippen MR) is 101 cm³/mol. The van der Waals surface area contributed by atoms with Crippen LogP contribution in [0.2, 0.25) is 0 Å². The standard InChI is InChI=1S/C22H27NO2.ClH/c1-23-19(15-21(24)17-9-4-2-5-10-17)13-8-14-20(23)16-22(25)18-11-6-3-7-12-18;/h2-7,9-12,19-21,24H,8,13-16H2,1H3;1H/p-1/t19-,20+,21-;/m0./s1. The molecule has 1 aliphatic rings. The number of benzene rings is 2. The summed E-state index contributed by atoms with van der Waals surface area (Å²) in [4.78, 5) is 14.8. The minimum Gasteiger partial charge on any atom is -1.00 e. The summed E-state index contributed by atoms with van der Waals surface area (Å²) in [6.45, 7) is 0. The molecule has 3 nitrogen and oxygen atoms in total. The van der Waals surface area contributed by atoms with Gasteiger partial charge in [0, 0.05) is 24.1 Å². The van der Waals surface area contributed by atoms with Crippen molar-refractivity contribution in [2.24, 2.45) is 0 Å². The highest BCUT2D eigenvalue weighted by Gasteiger charge is 2.30. The van der Waals surface area contributed by atoms with E-state index < -0.39 is 6.10 Å². The Morgan fingerprint density at radius 1 is 1.04 bits per heavy atom. The zero-order valence-corrected chi connectivity index (χ0v) is 16.0. The molecule has 0 spiro atoms. The average Bonchev–Trinajstić information content (AvgIpc) is 2.66. The van der Waals surface area contributed by atoms with Gasteiger partial charge in [0.25, 0.3) is 0 Å². The average molecular weight is 373 g/mol. The van der Waals surface area contributed by atoms with Crippen molar-refractivity contribution in [2.45, 2.75) is 50.3 Å². The van der Waals surface area contributed by atoms with E-state index in [1.807, 2.05) is 60.7 Å². The number of hydrogen-bond acceptors (Lipinski definition) is 3. The minimum absolute atomic E-state index is 0. The van der Waals surface area contributed by atoms with E-state index in [9.17, 15) is 9.90 Å². The molecule has 0 bridgehead atoms. The lowest BCUT2D eigenvalue weighted by Crippen LogP contribution is -3.00. The normalized spacial score (nSPS) is 21.6. The zero-order chi connectivity index (χ0) is 17.6. The molecule has 0 aromatic heterocycles. The Balaban J connectivity index is 0.00000243. The van der Waals surface area contributed by atoms with Gasteiger partial charge in [0.05, 0.1) is 6.10 Å². The fraction of sp³-hybridized carbons (Fsp3) is 0.409. The molecule has 1 aliphatic heterocycles. The third kappa shape index (κ3) is 5.16. The number of hydrogen-bond donors (Lipinski definition) is 1. The van der Waals surface area contributed by atoms with Gasteiger partial charge in [-0.3, -0.25) is 9.69 Å². The van der Waals surface area contributed by atoms with Gasteiger partial charge in [-0.1, -0.05) is 67.1 Å². The van der Waals surface area contributed by atoms with E-state index in [-0.39, 0.29) is 24.2 Å². The molecule has 0 unspecified atom stereocenters. The fourth-order valence-corrected chi connectivity index (χ4v) is 3.85. The van der Waals surface area contributed by atoms with Crippen molar-refractivity contribution in [3.05, 3.63) is 71.8 Å². The SMILES string of the molecule is CN1[C@@H](CC(=O)c2ccccc2)CCC[C@H]1C[C@H](O)c1ccccc1.[Cl-]. The monoisotopic (exact) mass is 372 g/mol. The van der Waals surface area contributed by atoms with E-state index in [0.29, 0.717) is 12.5 Å². The fourth-order valence-electron chi connectivity index (χ4n) is 3.85. The van der Waals surface area contributed by atoms with Crippen LogP contribution in [-0.4, -0.2) is 34.9 Å². The van der Waals surface area contributed by atoms with Crippen molar-refractivity contribution in [3.8, 4) is 0 Å². The summed E-state index contributed by atoms with van der Waals surface area (Å²) in [6, 6.07) is 20.0. The van der Waals surface area contributed by atoms with Gasteiger partial charge in [0.2, 0.25) is 0 Å². The number of aliphatic hydroxyl groups is 1. The summed E-state index contributed by atoms with van der Waals surface area (Å²) in [5, 5.41) is 10.5. The summed E-state index contributed by atoms with van der Waals surface area (Å²) in [6.07, 6.45) is 4.07. The first-order valence-electron chi connectivity index (χ1n) is 9.18. The number of rotatable bonds is 6. The molecule has 1 fully saturated rings. The number of aliphatic hydroxyl groups excluding tert-OH is 1. The first kappa shape index (κ1) is 20.6. The number of carbonyl (C=O) groups excluding carboxylic acids is 1. The Bertz CT molecular complexity index is 677. The summed E-state index contributed by atoms with van der Waals surface area (Å²) < 4.78 is 0. The molecular formula is C22H27ClNO2-. The highest BCUT2D eigenvalue weighted by molar-refractivity contribution is 5.96. The van der Waals surface area contributed by atoms with Crippen molar-refractivity contribution in [2.75, 3.05) is 7.05 Å². The second-order valence-electron chi connectivity index (χ2n) is 7.06. The predicted octanol–water partition coefficient (Wildman–Crippen LogP) is 1.24. The maximum Gasteiger partial charge on any atom is 0.164 e. The highest BCUT2D eigenvalue weighted by atomic mass is 35.5. The zero-order valence-electron chi connectivity index (χ0n) is 15.2. The first-order valence-corrected chi connectivity index (χ1v) is 9.18. The van der Waals surface area contributed by atoms with Crippen LogP contribution >= 0.6 is 0 Å². The number of carbonyl (C=O) groups is 1. The van der Waals surface area contributed by atoms with E-state index >= 15 is 0 Å². The van der Waals surface area contributed by atoms with Crippen LogP contribution in [0, 0.1) is 0 Å². The van der Waals surface area contributed by atoms with Crippen molar-refractivity contribution in [1.82, 2.24) is 4.90 Å². The van der Waals surface area contributed by atoms with Crippen molar-refractivity contribution in [1.29, 1.82) is 0 Å². The smallest absolute Gasteiger partial charge is 0.164 e. The molecule has 2 aromatic rings. The number of likely N-dealkylation sites (tertiary alicyclic amines) is 1. The third-order valence-electron chi connectivity index (χ3n) is 5.42. The highest BCUT2D eigenvalue weighted by Crippen LogP contribution is 2.30. The van der Waals surface area contributed by atoms with Crippen LogP contribution in [0.4, 0.5) is 0 Å². The number of ketones is 1. The van der Waals surface area contributed by atoms with Gasteiger partial charge < -0.3 is 17.5 Å². The topological polar surface area (TPSA) is 40.5 Å². The van der Waals surface area contributed by atoms with E-state index in [2.05, 4.69) is 11.9 Å². The Morgan fingerprint density at radius 2 is 1.62 bits per heavy atom. The van der Waals surface area contributed by atoms with Crippen LogP contribution in [0.5, 0.6) is 0 Å². The second-order valence-corrected chi connectivity index (χ2v) is 7.06. The molecule has 3 rings (SSSR count). The molecule has 4 heteroatoms. The van der Waals surface area contributed by atoms with Crippen molar-refractivity contribution in [3.63, 3.8) is 0 Å². The van der Waals surface area contributed by atoms with Crippen LogP contribution < -0.4 is 12.4 Å². The summed E-state index contributed by atoms with van der Waals surface area (Å²) in [5.41, 5.74) is 1.76. The van der Waals surface area contributed by atoms with Crippen LogP contribution in [0.1, 0.15) is 54.1 Å². The molecule has 140 valence electrons. The molecule has 0 aliphatic carbocycles. The maximum atomic E-state index is 12.5. The number of nitrogens with zero attached hydrogens (tertiary/aromatic N) is 1. The lowest BCUT2D eigenvalue weighted by atomic mass is 9.88. The van der Waals surface area contributed by atoms with Gasteiger partial charge in [-0.05, 0) is 31.9 Å². The van der Waals surface area contributed by atoms with E-state index in [1.165, 1.54) is 0 Å². The van der Waals surface area contributed by atoms with Gasteiger partial charge in [-0.15, -0.1) is 0 Å². The molecule has 1 saturated heterocycles. The van der Waals surface area contributed by atoms with Crippen LogP contribution in [0.15, 0.2) is 60.7 Å². The van der Waals surface area contributed by atoms with Crippen molar-refractivity contribution < 1.29 is 22.3 Å². The quantitative estimate of drug-likeness (QED) is 0.776. The second kappa shape index (κ2) is 9.86. The number of Topliss-reactive ketones (excluding diaryl/α,β-unsaturated/α-hetero) is 1. The Morgan fingerprint density at radius 3 is 2.27 bits per heavy atom. The molecule has 3 atom stereocenters. The molecule has 2 aromatic carbocycles. The Labute approximate surface area is 162 Å². The van der Waals surface area contributed by atoms with Crippen LogP contribution in [0.3, 0.4) is 0 Å². The van der Waals surface area contributed by atoms with Gasteiger partial charge in [0.15, 0.2) is 5.78 Å². The third-order valence-corrected chi connectivity index (χ3v) is 5.42. The van der Waals surface area contributed by atoms with E-state index in [4.69, 9.17) is 0 Å².